The molecule has 0 aromatic heterocycles. The van der Waals surface area contributed by atoms with Gasteiger partial charge in [0.05, 0.1) is 13.2 Å². The van der Waals surface area contributed by atoms with E-state index in [0.717, 1.165) is 61.4 Å². The van der Waals surface area contributed by atoms with Crippen LogP contribution in [0.4, 0.5) is 0 Å². The van der Waals surface area contributed by atoms with Crippen molar-refractivity contribution in [2.75, 3.05) is 33.4 Å². The zero-order valence-electron chi connectivity index (χ0n) is 14.1. The molecule has 1 unspecified atom stereocenters. The van der Waals surface area contributed by atoms with Crippen molar-refractivity contribution in [2.24, 2.45) is 0 Å². The Balaban J connectivity index is 1.85. The lowest BCUT2D eigenvalue weighted by Crippen LogP contribution is -2.38. The molecular weight excluding hydrogens is 292 g/mol. The molecule has 5 heteroatoms. The molecule has 0 aliphatic carbocycles. The van der Waals surface area contributed by atoms with Crippen LogP contribution in [0.25, 0.3) is 0 Å². The Morgan fingerprint density at radius 1 is 1.43 bits per heavy atom. The Bertz CT molecular complexity index is 568. The van der Waals surface area contributed by atoms with Crippen molar-refractivity contribution in [3.63, 3.8) is 0 Å². The summed E-state index contributed by atoms with van der Waals surface area (Å²) < 4.78 is 11.2. The minimum Gasteiger partial charge on any atom is -0.496 e. The Labute approximate surface area is 137 Å². The Kier molecular flexibility index (Phi) is 5.18. The van der Waals surface area contributed by atoms with Gasteiger partial charge >= 0.3 is 0 Å². The van der Waals surface area contributed by atoms with Gasteiger partial charge < -0.3 is 19.7 Å². The van der Waals surface area contributed by atoms with Gasteiger partial charge in [0.2, 0.25) is 0 Å². The van der Waals surface area contributed by atoms with E-state index in [0.29, 0.717) is 13.1 Å². The smallest absolute Gasteiger partial charge is 0.254 e. The number of carbonyl (C=O) groups excluding carboxylic acids is 1. The van der Waals surface area contributed by atoms with Crippen LogP contribution in [0.3, 0.4) is 0 Å². The van der Waals surface area contributed by atoms with E-state index in [4.69, 9.17) is 9.47 Å². The average molecular weight is 318 g/mol. The Morgan fingerprint density at radius 2 is 2.30 bits per heavy atom. The normalized spacial score (nSPS) is 20.2. The number of benzene rings is 1. The minimum absolute atomic E-state index is 0.115. The van der Waals surface area contributed by atoms with E-state index >= 15 is 0 Å². The number of nitrogens with one attached hydrogen (secondary N) is 1. The van der Waals surface area contributed by atoms with E-state index in [2.05, 4.69) is 5.32 Å². The lowest BCUT2D eigenvalue weighted by atomic mass is 9.93. The molecule has 0 radical (unpaired) electrons. The third-order valence-electron chi connectivity index (χ3n) is 4.81. The predicted octanol–water partition coefficient (Wildman–Crippen LogP) is 1.98. The summed E-state index contributed by atoms with van der Waals surface area (Å²) in [5.74, 6) is 0.981. The third-order valence-corrected chi connectivity index (χ3v) is 4.81. The van der Waals surface area contributed by atoms with Gasteiger partial charge in [-0.3, -0.25) is 4.79 Å². The van der Waals surface area contributed by atoms with E-state index < -0.39 is 0 Å². The van der Waals surface area contributed by atoms with Gasteiger partial charge in [-0.2, -0.15) is 0 Å². The first-order valence-electron chi connectivity index (χ1n) is 8.55. The zero-order valence-corrected chi connectivity index (χ0v) is 14.1. The number of amides is 1. The summed E-state index contributed by atoms with van der Waals surface area (Å²) in [5.41, 5.74) is 3.08. The van der Waals surface area contributed by atoms with Crippen LogP contribution in [0.2, 0.25) is 0 Å². The monoisotopic (exact) mass is 318 g/mol. The van der Waals surface area contributed by atoms with Gasteiger partial charge in [0.15, 0.2) is 0 Å². The van der Waals surface area contributed by atoms with E-state index in [1.807, 2.05) is 24.0 Å². The topological polar surface area (TPSA) is 50.8 Å². The number of nitrogens with zero attached hydrogens (tertiary/aromatic N) is 1. The van der Waals surface area contributed by atoms with Crippen LogP contribution < -0.4 is 10.1 Å². The number of likely N-dealkylation sites (N-methyl/N-ethyl adjacent to an activating group) is 1. The fourth-order valence-corrected chi connectivity index (χ4v) is 3.53. The molecule has 1 amide bonds. The summed E-state index contributed by atoms with van der Waals surface area (Å²) in [6.07, 6.45) is 3.20. The van der Waals surface area contributed by atoms with Gasteiger partial charge in [-0.1, -0.05) is 0 Å². The molecule has 1 atom stereocenters. The standard InChI is InChI=1S/C18H26N2O3/c1-3-20(12-13-5-4-10-23-13)18(21)15-6-7-17(22-2)16-11-19-9-8-14(15)16/h6-7,13,19H,3-5,8-12H2,1-2H3. The van der Waals surface area contributed by atoms with Crippen LogP contribution in [0, 0.1) is 0 Å². The summed E-state index contributed by atoms with van der Waals surface area (Å²) in [6, 6.07) is 3.84. The summed E-state index contributed by atoms with van der Waals surface area (Å²) in [7, 11) is 1.68. The van der Waals surface area contributed by atoms with Crippen LogP contribution in [-0.2, 0) is 17.7 Å². The van der Waals surface area contributed by atoms with Gasteiger partial charge in [-0.05, 0) is 50.4 Å². The number of fused-ring (bicyclic) bond motifs is 1. The number of rotatable bonds is 5. The van der Waals surface area contributed by atoms with Crippen molar-refractivity contribution in [3.8, 4) is 5.75 Å². The fourth-order valence-electron chi connectivity index (χ4n) is 3.53. The summed E-state index contributed by atoms with van der Waals surface area (Å²) in [5, 5.41) is 3.36. The maximum Gasteiger partial charge on any atom is 0.254 e. The highest BCUT2D eigenvalue weighted by molar-refractivity contribution is 5.96. The number of carbonyl (C=O) groups is 1. The van der Waals surface area contributed by atoms with Gasteiger partial charge in [0.25, 0.3) is 5.91 Å². The molecule has 2 aliphatic heterocycles. The predicted molar refractivity (Wildman–Crippen MR) is 89.0 cm³/mol. The first-order valence-corrected chi connectivity index (χ1v) is 8.55. The average Bonchev–Trinajstić information content (AvgIpc) is 3.11. The molecule has 1 aromatic carbocycles. The molecule has 0 spiro atoms. The maximum atomic E-state index is 13.0. The summed E-state index contributed by atoms with van der Waals surface area (Å²) in [4.78, 5) is 15.0. The van der Waals surface area contributed by atoms with Crippen molar-refractivity contribution < 1.29 is 14.3 Å². The molecule has 1 saturated heterocycles. The highest BCUT2D eigenvalue weighted by Gasteiger charge is 2.26. The molecule has 0 bridgehead atoms. The van der Waals surface area contributed by atoms with Crippen LogP contribution in [-0.4, -0.2) is 50.3 Å². The molecule has 1 N–H and O–H groups in total. The lowest BCUT2D eigenvalue weighted by molar-refractivity contribution is 0.0538. The minimum atomic E-state index is 0.115. The second kappa shape index (κ2) is 7.32. The largest absolute Gasteiger partial charge is 0.496 e. The molecule has 23 heavy (non-hydrogen) atoms. The molecule has 126 valence electrons. The Morgan fingerprint density at radius 3 is 3.00 bits per heavy atom. The van der Waals surface area contributed by atoms with Gasteiger partial charge in [-0.15, -0.1) is 0 Å². The quantitative estimate of drug-likeness (QED) is 0.902. The summed E-state index contributed by atoms with van der Waals surface area (Å²) >= 11 is 0. The number of ether oxygens (including phenoxy) is 2. The van der Waals surface area contributed by atoms with Crippen LogP contribution >= 0.6 is 0 Å². The lowest BCUT2D eigenvalue weighted by Gasteiger charge is -2.27. The van der Waals surface area contributed by atoms with Crippen molar-refractivity contribution in [1.29, 1.82) is 0 Å². The first-order chi connectivity index (χ1) is 11.2. The highest BCUT2D eigenvalue weighted by atomic mass is 16.5. The molecule has 5 nitrogen and oxygen atoms in total. The third kappa shape index (κ3) is 3.35. The molecule has 2 heterocycles. The fraction of sp³-hybridized carbons (Fsp3) is 0.611. The van der Waals surface area contributed by atoms with Crippen LogP contribution in [0.5, 0.6) is 5.75 Å². The van der Waals surface area contributed by atoms with E-state index in [-0.39, 0.29) is 12.0 Å². The molecule has 0 saturated carbocycles. The first kappa shape index (κ1) is 16.3. The van der Waals surface area contributed by atoms with E-state index in [9.17, 15) is 4.79 Å². The van der Waals surface area contributed by atoms with Gasteiger partial charge in [0, 0.05) is 37.4 Å². The summed E-state index contributed by atoms with van der Waals surface area (Å²) in [6.45, 7) is 5.91. The van der Waals surface area contributed by atoms with E-state index in [1.54, 1.807) is 7.11 Å². The van der Waals surface area contributed by atoms with Crippen molar-refractivity contribution in [3.05, 3.63) is 28.8 Å². The Hall–Kier alpha value is -1.59. The van der Waals surface area contributed by atoms with Crippen molar-refractivity contribution >= 4 is 5.91 Å². The second-order valence-corrected chi connectivity index (χ2v) is 6.18. The zero-order chi connectivity index (χ0) is 16.2. The van der Waals surface area contributed by atoms with Crippen molar-refractivity contribution in [2.45, 2.75) is 38.8 Å². The second-order valence-electron chi connectivity index (χ2n) is 6.18. The molecule has 1 fully saturated rings. The molecule has 2 aliphatic rings. The van der Waals surface area contributed by atoms with Gasteiger partial charge in [0.1, 0.15) is 5.75 Å². The van der Waals surface area contributed by atoms with E-state index in [1.165, 1.54) is 0 Å². The van der Waals surface area contributed by atoms with Crippen LogP contribution in [0.15, 0.2) is 12.1 Å². The van der Waals surface area contributed by atoms with Gasteiger partial charge in [-0.25, -0.2) is 0 Å². The highest BCUT2D eigenvalue weighted by Crippen LogP contribution is 2.29. The number of hydrogen-bond acceptors (Lipinski definition) is 4. The van der Waals surface area contributed by atoms with Crippen LogP contribution in [0.1, 0.15) is 41.3 Å². The number of methoxy groups -OCH3 is 1. The maximum absolute atomic E-state index is 13.0. The van der Waals surface area contributed by atoms with Crippen molar-refractivity contribution in [1.82, 2.24) is 10.2 Å². The molecule has 3 rings (SSSR count). The molecule has 1 aromatic rings. The SMILES string of the molecule is CCN(CC1CCCO1)C(=O)c1ccc(OC)c2c1CCNC2. The number of hydrogen-bond donors (Lipinski definition) is 1. The molecular formula is C18H26N2O3.